The van der Waals surface area contributed by atoms with Gasteiger partial charge in [-0.25, -0.2) is 0 Å². The van der Waals surface area contributed by atoms with E-state index >= 15 is 0 Å². The summed E-state index contributed by atoms with van der Waals surface area (Å²) in [5, 5.41) is 5.97. The first-order chi connectivity index (χ1) is 8.13. The van der Waals surface area contributed by atoms with Crippen LogP contribution in [0.4, 0.5) is 0 Å². The van der Waals surface area contributed by atoms with Crippen LogP contribution in [0, 0.1) is 13.8 Å². The van der Waals surface area contributed by atoms with Crippen molar-refractivity contribution in [2.75, 3.05) is 13.6 Å². The topological polar surface area (TPSA) is 41.1 Å². The highest BCUT2D eigenvalue weighted by Crippen LogP contribution is 2.09. The Balaban J connectivity index is 2.34. The third kappa shape index (κ3) is 5.00. The molecule has 0 heterocycles. The molecule has 3 heteroatoms. The second-order valence-corrected chi connectivity index (χ2v) is 4.40. The molecule has 17 heavy (non-hydrogen) atoms. The molecule has 3 nitrogen and oxygen atoms in total. The van der Waals surface area contributed by atoms with Crippen LogP contribution in [-0.4, -0.2) is 19.5 Å². The van der Waals surface area contributed by atoms with Crippen LogP contribution in [0.15, 0.2) is 18.2 Å². The van der Waals surface area contributed by atoms with Gasteiger partial charge in [-0.1, -0.05) is 18.2 Å². The van der Waals surface area contributed by atoms with Gasteiger partial charge in [0.25, 0.3) is 0 Å². The molecule has 1 rings (SSSR count). The lowest BCUT2D eigenvalue weighted by Gasteiger charge is -2.07. The van der Waals surface area contributed by atoms with Crippen LogP contribution in [-0.2, 0) is 11.3 Å². The Kier molecular flexibility index (Phi) is 5.70. The van der Waals surface area contributed by atoms with Gasteiger partial charge in [0.2, 0.25) is 5.91 Å². The van der Waals surface area contributed by atoms with Crippen molar-refractivity contribution in [2.24, 2.45) is 0 Å². The number of amides is 1. The Labute approximate surface area is 104 Å². The van der Waals surface area contributed by atoms with Crippen molar-refractivity contribution in [1.82, 2.24) is 10.6 Å². The zero-order chi connectivity index (χ0) is 12.7. The SMILES string of the molecule is CNCCCC(=O)NCc1ccc(C)c(C)c1. The molecule has 1 aromatic rings. The fraction of sp³-hybridized carbons (Fsp3) is 0.500. The van der Waals surface area contributed by atoms with Crippen molar-refractivity contribution in [3.8, 4) is 0 Å². The quantitative estimate of drug-likeness (QED) is 0.738. The molecule has 0 spiro atoms. The summed E-state index contributed by atoms with van der Waals surface area (Å²) in [6, 6.07) is 6.29. The monoisotopic (exact) mass is 234 g/mol. The average Bonchev–Trinajstić information content (AvgIpc) is 2.31. The molecule has 0 aromatic heterocycles. The molecule has 0 unspecified atom stereocenters. The molecule has 1 amide bonds. The van der Waals surface area contributed by atoms with Gasteiger partial charge >= 0.3 is 0 Å². The maximum absolute atomic E-state index is 11.5. The van der Waals surface area contributed by atoms with Crippen LogP contribution < -0.4 is 10.6 Å². The molecule has 0 aliphatic rings. The smallest absolute Gasteiger partial charge is 0.220 e. The van der Waals surface area contributed by atoms with E-state index in [9.17, 15) is 4.79 Å². The van der Waals surface area contributed by atoms with Crippen LogP contribution >= 0.6 is 0 Å². The van der Waals surface area contributed by atoms with Gasteiger partial charge in [0.1, 0.15) is 0 Å². The van der Waals surface area contributed by atoms with Gasteiger partial charge in [-0.3, -0.25) is 4.79 Å². The third-order valence-corrected chi connectivity index (χ3v) is 2.89. The van der Waals surface area contributed by atoms with E-state index in [1.807, 2.05) is 7.05 Å². The molecule has 0 saturated carbocycles. The Hall–Kier alpha value is -1.35. The summed E-state index contributed by atoms with van der Waals surface area (Å²) in [6.45, 7) is 5.69. The minimum Gasteiger partial charge on any atom is -0.352 e. The molecule has 2 N–H and O–H groups in total. The summed E-state index contributed by atoms with van der Waals surface area (Å²) in [5.74, 6) is 0.124. The van der Waals surface area contributed by atoms with E-state index in [1.54, 1.807) is 0 Å². The van der Waals surface area contributed by atoms with E-state index in [2.05, 4.69) is 42.7 Å². The Morgan fingerprint density at radius 2 is 2.00 bits per heavy atom. The van der Waals surface area contributed by atoms with Crippen LogP contribution in [0.3, 0.4) is 0 Å². The van der Waals surface area contributed by atoms with Crippen molar-refractivity contribution in [3.05, 3.63) is 34.9 Å². The predicted octanol–water partition coefficient (Wildman–Crippen LogP) is 1.92. The number of hydrogen-bond acceptors (Lipinski definition) is 2. The standard InChI is InChI=1S/C14H22N2O/c1-11-6-7-13(9-12(11)2)10-16-14(17)5-4-8-15-3/h6-7,9,15H,4-5,8,10H2,1-3H3,(H,16,17). The molecule has 0 radical (unpaired) electrons. The summed E-state index contributed by atoms with van der Waals surface area (Å²) < 4.78 is 0. The minimum absolute atomic E-state index is 0.124. The molecule has 1 aromatic carbocycles. The van der Waals surface area contributed by atoms with Crippen molar-refractivity contribution in [1.29, 1.82) is 0 Å². The first-order valence-corrected chi connectivity index (χ1v) is 6.11. The lowest BCUT2D eigenvalue weighted by molar-refractivity contribution is -0.121. The van der Waals surface area contributed by atoms with Crippen LogP contribution in [0.5, 0.6) is 0 Å². The number of hydrogen-bond donors (Lipinski definition) is 2. The highest BCUT2D eigenvalue weighted by atomic mass is 16.1. The van der Waals surface area contributed by atoms with E-state index < -0.39 is 0 Å². The number of carbonyl (C=O) groups excluding carboxylic acids is 1. The van der Waals surface area contributed by atoms with E-state index in [0.717, 1.165) is 18.5 Å². The average molecular weight is 234 g/mol. The first-order valence-electron chi connectivity index (χ1n) is 6.11. The summed E-state index contributed by atoms with van der Waals surface area (Å²) in [5.41, 5.74) is 3.72. The van der Waals surface area contributed by atoms with Crippen molar-refractivity contribution in [2.45, 2.75) is 33.2 Å². The normalized spacial score (nSPS) is 10.3. The maximum atomic E-state index is 11.5. The second kappa shape index (κ2) is 7.07. The van der Waals surface area contributed by atoms with Gasteiger partial charge in [0.15, 0.2) is 0 Å². The summed E-state index contributed by atoms with van der Waals surface area (Å²) >= 11 is 0. The van der Waals surface area contributed by atoms with E-state index in [0.29, 0.717) is 13.0 Å². The van der Waals surface area contributed by atoms with Gasteiger partial charge in [-0.05, 0) is 50.6 Å². The molecule has 94 valence electrons. The maximum Gasteiger partial charge on any atom is 0.220 e. The largest absolute Gasteiger partial charge is 0.352 e. The van der Waals surface area contributed by atoms with Crippen LogP contribution in [0.1, 0.15) is 29.5 Å². The highest BCUT2D eigenvalue weighted by Gasteiger charge is 2.01. The summed E-state index contributed by atoms with van der Waals surface area (Å²) in [7, 11) is 1.90. The third-order valence-electron chi connectivity index (χ3n) is 2.89. The number of nitrogens with one attached hydrogen (secondary N) is 2. The van der Waals surface area contributed by atoms with Crippen molar-refractivity contribution < 1.29 is 4.79 Å². The van der Waals surface area contributed by atoms with Gasteiger partial charge in [-0.15, -0.1) is 0 Å². The zero-order valence-corrected chi connectivity index (χ0v) is 11.0. The minimum atomic E-state index is 0.124. The summed E-state index contributed by atoms with van der Waals surface area (Å²) in [6.07, 6.45) is 1.47. The number of carbonyl (C=O) groups is 1. The molecule has 0 aliphatic carbocycles. The Morgan fingerprint density at radius 1 is 1.24 bits per heavy atom. The predicted molar refractivity (Wildman–Crippen MR) is 70.9 cm³/mol. The lowest BCUT2D eigenvalue weighted by atomic mass is 10.1. The van der Waals surface area contributed by atoms with Gasteiger partial charge in [0, 0.05) is 13.0 Å². The Morgan fingerprint density at radius 3 is 2.65 bits per heavy atom. The lowest BCUT2D eigenvalue weighted by Crippen LogP contribution is -2.23. The van der Waals surface area contributed by atoms with Crippen LogP contribution in [0.25, 0.3) is 0 Å². The Bertz CT molecular complexity index is 374. The summed E-state index contributed by atoms with van der Waals surface area (Å²) in [4.78, 5) is 11.5. The van der Waals surface area contributed by atoms with E-state index in [-0.39, 0.29) is 5.91 Å². The molecule has 0 fully saturated rings. The zero-order valence-electron chi connectivity index (χ0n) is 11.0. The number of aryl methyl sites for hydroxylation is 2. The molecule has 0 aliphatic heterocycles. The van der Waals surface area contributed by atoms with Crippen molar-refractivity contribution >= 4 is 5.91 Å². The van der Waals surface area contributed by atoms with Gasteiger partial charge in [-0.2, -0.15) is 0 Å². The van der Waals surface area contributed by atoms with Gasteiger partial charge in [0.05, 0.1) is 0 Å². The van der Waals surface area contributed by atoms with E-state index in [1.165, 1.54) is 11.1 Å². The van der Waals surface area contributed by atoms with E-state index in [4.69, 9.17) is 0 Å². The number of benzene rings is 1. The number of rotatable bonds is 6. The fourth-order valence-corrected chi connectivity index (χ4v) is 1.63. The molecular weight excluding hydrogens is 212 g/mol. The highest BCUT2D eigenvalue weighted by molar-refractivity contribution is 5.75. The fourth-order valence-electron chi connectivity index (χ4n) is 1.63. The van der Waals surface area contributed by atoms with Gasteiger partial charge < -0.3 is 10.6 Å². The molecular formula is C14H22N2O. The molecule has 0 saturated heterocycles. The molecule has 0 atom stereocenters. The first kappa shape index (κ1) is 13.7. The van der Waals surface area contributed by atoms with Crippen LogP contribution in [0.2, 0.25) is 0 Å². The van der Waals surface area contributed by atoms with Crippen molar-refractivity contribution in [3.63, 3.8) is 0 Å². The molecule has 0 bridgehead atoms. The second-order valence-electron chi connectivity index (χ2n) is 4.40.